The van der Waals surface area contributed by atoms with E-state index in [-0.39, 0.29) is 18.9 Å². The number of rotatable bonds is 13. The largest absolute Gasteiger partial charge is 0.480 e. The summed E-state index contributed by atoms with van der Waals surface area (Å²) in [5.74, 6) is -2.34. The van der Waals surface area contributed by atoms with Gasteiger partial charge < -0.3 is 32.5 Å². The zero-order valence-electron chi connectivity index (χ0n) is 16.3. The Morgan fingerprint density at radius 2 is 1.52 bits per heavy atom. The van der Waals surface area contributed by atoms with Gasteiger partial charge in [-0.15, -0.1) is 0 Å². The lowest BCUT2D eigenvalue weighted by Crippen LogP contribution is -2.55. The summed E-state index contributed by atoms with van der Waals surface area (Å²) in [6.07, 6.45) is 2.30. The molecule has 10 heteroatoms. The van der Waals surface area contributed by atoms with Crippen molar-refractivity contribution in [3.8, 4) is 0 Å². The van der Waals surface area contributed by atoms with Gasteiger partial charge in [0.2, 0.25) is 11.8 Å². The first-order valence-corrected chi connectivity index (χ1v) is 9.22. The van der Waals surface area contributed by atoms with Crippen LogP contribution in [0.4, 0.5) is 4.79 Å². The Morgan fingerprint density at radius 1 is 0.963 bits per heavy atom. The molecule has 0 aliphatic carbocycles. The molecule has 0 heterocycles. The first-order valence-electron chi connectivity index (χ1n) is 9.22. The second-order valence-corrected chi connectivity index (χ2v) is 6.81. The van der Waals surface area contributed by atoms with E-state index in [1.54, 1.807) is 13.8 Å². The van der Waals surface area contributed by atoms with Crippen LogP contribution in [-0.2, 0) is 14.4 Å². The maximum Gasteiger partial charge on any atom is 0.326 e. The summed E-state index contributed by atoms with van der Waals surface area (Å²) < 4.78 is 0. The van der Waals surface area contributed by atoms with Gasteiger partial charge in [0.25, 0.3) is 0 Å². The number of amides is 4. The lowest BCUT2D eigenvalue weighted by atomic mass is 10.0. The van der Waals surface area contributed by atoms with Crippen LogP contribution in [0.2, 0.25) is 0 Å². The maximum absolute atomic E-state index is 12.5. The van der Waals surface area contributed by atoms with Crippen molar-refractivity contribution in [2.75, 3.05) is 6.54 Å². The summed E-state index contributed by atoms with van der Waals surface area (Å²) in [6, 6.07) is -3.47. The number of hydrogen-bond acceptors (Lipinski definition) is 5. The summed E-state index contributed by atoms with van der Waals surface area (Å²) in [4.78, 5) is 46.8. The van der Waals surface area contributed by atoms with Gasteiger partial charge in [0.05, 0.1) is 6.04 Å². The topological polar surface area (TPSA) is 177 Å². The minimum atomic E-state index is -1.13. The van der Waals surface area contributed by atoms with E-state index >= 15 is 0 Å². The molecule has 8 N–H and O–H groups in total. The van der Waals surface area contributed by atoms with Crippen LogP contribution in [-0.4, -0.2) is 53.6 Å². The summed E-state index contributed by atoms with van der Waals surface area (Å²) >= 11 is 0. The Hall–Kier alpha value is -2.36. The minimum Gasteiger partial charge on any atom is -0.480 e. The number of carbonyl (C=O) groups excluding carboxylic acids is 3. The van der Waals surface area contributed by atoms with Crippen molar-refractivity contribution in [1.82, 2.24) is 16.0 Å². The highest BCUT2D eigenvalue weighted by Gasteiger charge is 2.28. The molecule has 156 valence electrons. The fourth-order valence-electron chi connectivity index (χ4n) is 2.30. The van der Waals surface area contributed by atoms with Crippen molar-refractivity contribution in [2.24, 2.45) is 17.4 Å². The monoisotopic (exact) mass is 387 g/mol. The molecule has 0 aromatic rings. The van der Waals surface area contributed by atoms with E-state index in [9.17, 15) is 24.3 Å². The third-order valence-corrected chi connectivity index (χ3v) is 4.08. The van der Waals surface area contributed by atoms with Crippen LogP contribution >= 0.6 is 0 Å². The van der Waals surface area contributed by atoms with E-state index in [4.69, 9.17) is 11.5 Å². The van der Waals surface area contributed by atoms with Gasteiger partial charge in [-0.1, -0.05) is 33.6 Å². The smallest absolute Gasteiger partial charge is 0.326 e. The second kappa shape index (κ2) is 12.9. The molecule has 0 spiro atoms. The number of hydrogen-bond donors (Lipinski definition) is 6. The van der Waals surface area contributed by atoms with Crippen LogP contribution < -0.4 is 27.4 Å². The average molecular weight is 387 g/mol. The van der Waals surface area contributed by atoms with Crippen LogP contribution in [0.5, 0.6) is 0 Å². The molecular weight excluding hydrogens is 354 g/mol. The number of primary amides is 1. The Kier molecular flexibility index (Phi) is 11.8. The number of carboxylic acids is 1. The molecule has 0 aromatic heterocycles. The molecule has 0 fully saturated rings. The van der Waals surface area contributed by atoms with Gasteiger partial charge >= 0.3 is 12.0 Å². The van der Waals surface area contributed by atoms with Crippen molar-refractivity contribution in [3.63, 3.8) is 0 Å². The molecule has 3 atom stereocenters. The maximum atomic E-state index is 12.5. The molecule has 0 aliphatic heterocycles. The van der Waals surface area contributed by atoms with Crippen LogP contribution in [0, 0.1) is 5.92 Å². The third-order valence-electron chi connectivity index (χ3n) is 4.08. The molecule has 0 radical (unpaired) electrons. The van der Waals surface area contributed by atoms with Crippen LogP contribution in [0.15, 0.2) is 0 Å². The number of carboxylic acid groups (broad SMARTS) is 1. The fraction of sp³-hybridized carbons (Fsp3) is 0.765. The Labute approximate surface area is 159 Å². The molecule has 0 aromatic carbocycles. The average Bonchev–Trinajstić information content (AvgIpc) is 2.59. The van der Waals surface area contributed by atoms with Gasteiger partial charge in [0, 0.05) is 6.54 Å². The second-order valence-electron chi connectivity index (χ2n) is 6.81. The predicted molar refractivity (Wildman–Crippen MR) is 101 cm³/mol. The van der Waals surface area contributed by atoms with Crippen molar-refractivity contribution >= 4 is 23.8 Å². The zero-order valence-corrected chi connectivity index (χ0v) is 16.3. The number of nitrogens with two attached hydrogens (primary N) is 2. The highest BCUT2D eigenvalue weighted by Crippen LogP contribution is 2.05. The lowest BCUT2D eigenvalue weighted by molar-refractivity contribution is -0.142. The Morgan fingerprint density at radius 3 is 2.00 bits per heavy atom. The quantitative estimate of drug-likeness (QED) is 0.235. The SMILES string of the molecule is CCCC[C@H](NC(=O)[C@H](CCCNC(N)=O)NC(=O)[C@@H](N)C(C)C)C(=O)O. The standard InChI is InChI=1S/C17H33N5O5/c1-4-5-7-12(16(25)26)22-14(23)11(8-6-9-20-17(19)27)21-15(24)13(18)10(2)3/h10-13H,4-9,18H2,1-3H3,(H,21,24)(H,22,23)(H,25,26)(H3,19,20,27)/t11-,12-,13-/m0/s1. The van der Waals surface area contributed by atoms with E-state index in [1.807, 2.05) is 6.92 Å². The molecule has 0 rings (SSSR count). The third kappa shape index (κ3) is 10.4. The molecule has 0 bridgehead atoms. The van der Waals surface area contributed by atoms with Crippen LogP contribution in [0.3, 0.4) is 0 Å². The summed E-state index contributed by atoms with van der Waals surface area (Å²) in [5.41, 5.74) is 10.8. The van der Waals surface area contributed by atoms with Crippen LogP contribution in [0.25, 0.3) is 0 Å². The zero-order chi connectivity index (χ0) is 21.0. The molecule has 0 saturated heterocycles. The molecule has 10 nitrogen and oxygen atoms in total. The van der Waals surface area contributed by atoms with Gasteiger partial charge in [0.15, 0.2) is 0 Å². The van der Waals surface area contributed by atoms with Crippen molar-refractivity contribution in [2.45, 2.75) is 71.0 Å². The molecule has 0 saturated carbocycles. The molecular formula is C17H33N5O5. The van der Waals surface area contributed by atoms with Crippen molar-refractivity contribution in [1.29, 1.82) is 0 Å². The molecule has 0 unspecified atom stereocenters. The summed E-state index contributed by atoms with van der Waals surface area (Å²) in [5, 5.41) is 16.7. The van der Waals surface area contributed by atoms with E-state index in [2.05, 4.69) is 16.0 Å². The minimum absolute atomic E-state index is 0.124. The predicted octanol–water partition coefficient (Wildman–Crippen LogP) is -0.337. The van der Waals surface area contributed by atoms with Gasteiger partial charge in [-0.2, -0.15) is 0 Å². The first kappa shape index (κ1) is 24.6. The molecule has 0 aliphatic rings. The lowest BCUT2D eigenvalue weighted by Gasteiger charge is -2.24. The fourth-order valence-corrected chi connectivity index (χ4v) is 2.30. The van der Waals surface area contributed by atoms with E-state index in [0.29, 0.717) is 19.3 Å². The number of carbonyl (C=O) groups is 4. The Bertz CT molecular complexity index is 512. The van der Waals surface area contributed by atoms with E-state index in [1.165, 1.54) is 0 Å². The summed E-state index contributed by atoms with van der Waals surface area (Å²) in [7, 11) is 0. The van der Waals surface area contributed by atoms with Gasteiger partial charge in [-0.05, 0) is 25.2 Å². The van der Waals surface area contributed by atoms with Gasteiger partial charge in [-0.3, -0.25) is 9.59 Å². The number of unbranched alkanes of at least 4 members (excludes halogenated alkanes) is 1. The van der Waals surface area contributed by atoms with Crippen LogP contribution in [0.1, 0.15) is 52.9 Å². The highest BCUT2D eigenvalue weighted by atomic mass is 16.4. The van der Waals surface area contributed by atoms with Gasteiger partial charge in [-0.25, -0.2) is 9.59 Å². The van der Waals surface area contributed by atoms with Crippen molar-refractivity contribution < 1.29 is 24.3 Å². The molecule has 27 heavy (non-hydrogen) atoms. The normalized spacial score (nSPS) is 14.1. The summed E-state index contributed by atoms with van der Waals surface area (Å²) in [6.45, 7) is 5.70. The van der Waals surface area contributed by atoms with E-state index < -0.39 is 41.9 Å². The number of nitrogens with one attached hydrogen (secondary N) is 3. The highest BCUT2D eigenvalue weighted by molar-refractivity contribution is 5.91. The molecule has 4 amide bonds. The van der Waals surface area contributed by atoms with Gasteiger partial charge in [0.1, 0.15) is 12.1 Å². The van der Waals surface area contributed by atoms with Crippen molar-refractivity contribution in [3.05, 3.63) is 0 Å². The number of urea groups is 1. The first-order chi connectivity index (χ1) is 12.6. The Balaban J connectivity index is 5.00. The van der Waals surface area contributed by atoms with E-state index in [0.717, 1.165) is 6.42 Å². The number of aliphatic carboxylic acids is 1.